The van der Waals surface area contributed by atoms with Gasteiger partial charge >= 0.3 is 5.97 Å². The molecule has 28 heavy (non-hydrogen) atoms. The molecule has 2 aromatic rings. The van der Waals surface area contributed by atoms with Gasteiger partial charge < -0.3 is 19.1 Å². The monoisotopic (exact) mass is 383 g/mol. The molecule has 0 N–H and O–H groups in total. The highest BCUT2D eigenvalue weighted by atomic mass is 16.6. The SMILES string of the molecule is COc1ccc(Oc2ccc([N+](=O)[O-])cc2C2=NC(=CN(C)C)C(=O)O2)cc1. The molecule has 0 atom stereocenters. The van der Waals surface area contributed by atoms with E-state index in [1.54, 1.807) is 50.4 Å². The largest absolute Gasteiger partial charge is 0.497 e. The second-order valence-corrected chi connectivity index (χ2v) is 6.00. The maximum Gasteiger partial charge on any atom is 0.365 e. The first-order valence-corrected chi connectivity index (χ1v) is 8.17. The van der Waals surface area contributed by atoms with Gasteiger partial charge in [-0.15, -0.1) is 0 Å². The number of carbonyl (C=O) groups is 1. The minimum absolute atomic E-state index is 0.0645. The zero-order chi connectivity index (χ0) is 20.3. The normalized spacial score (nSPS) is 14.5. The van der Waals surface area contributed by atoms with Crippen molar-refractivity contribution in [3.63, 3.8) is 0 Å². The Kier molecular flexibility index (Phi) is 5.25. The van der Waals surface area contributed by atoms with Crippen LogP contribution in [0.15, 0.2) is 59.4 Å². The second-order valence-electron chi connectivity index (χ2n) is 6.00. The number of nitrogens with zero attached hydrogens (tertiary/aromatic N) is 3. The quantitative estimate of drug-likeness (QED) is 0.327. The third-order valence-electron chi connectivity index (χ3n) is 3.69. The molecule has 9 heteroatoms. The molecule has 0 spiro atoms. The molecule has 0 saturated heterocycles. The molecular weight excluding hydrogens is 366 g/mol. The lowest BCUT2D eigenvalue weighted by molar-refractivity contribution is -0.384. The third kappa shape index (κ3) is 4.09. The maximum absolute atomic E-state index is 12.0. The van der Waals surface area contributed by atoms with E-state index >= 15 is 0 Å². The van der Waals surface area contributed by atoms with E-state index in [1.165, 1.54) is 24.4 Å². The van der Waals surface area contributed by atoms with Crippen molar-refractivity contribution in [2.24, 2.45) is 4.99 Å². The number of nitro benzene ring substituents is 1. The van der Waals surface area contributed by atoms with Crippen LogP contribution in [0.4, 0.5) is 5.69 Å². The minimum atomic E-state index is -0.648. The van der Waals surface area contributed by atoms with Crippen molar-refractivity contribution in [1.29, 1.82) is 0 Å². The van der Waals surface area contributed by atoms with Gasteiger partial charge in [0.2, 0.25) is 5.90 Å². The van der Waals surface area contributed by atoms with Crippen molar-refractivity contribution >= 4 is 17.6 Å². The molecule has 144 valence electrons. The number of esters is 1. The molecule has 1 aliphatic rings. The first kappa shape index (κ1) is 18.9. The number of hydrogen-bond acceptors (Lipinski definition) is 8. The number of carbonyl (C=O) groups excluding carboxylic acids is 1. The second kappa shape index (κ2) is 7.78. The number of cyclic esters (lactones) is 1. The number of ether oxygens (including phenoxy) is 3. The van der Waals surface area contributed by atoms with E-state index in [-0.39, 0.29) is 28.6 Å². The van der Waals surface area contributed by atoms with E-state index in [0.29, 0.717) is 11.5 Å². The van der Waals surface area contributed by atoms with E-state index in [9.17, 15) is 14.9 Å². The molecule has 1 heterocycles. The van der Waals surface area contributed by atoms with Crippen LogP contribution in [0, 0.1) is 10.1 Å². The Balaban J connectivity index is 2.01. The van der Waals surface area contributed by atoms with Gasteiger partial charge in [-0.25, -0.2) is 9.79 Å². The van der Waals surface area contributed by atoms with Crippen LogP contribution in [0.1, 0.15) is 5.56 Å². The Morgan fingerprint density at radius 3 is 2.43 bits per heavy atom. The average Bonchev–Trinajstić information content (AvgIpc) is 3.02. The van der Waals surface area contributed by atoms with Gasteiger partial charge in [0.25, 0.3) is 5.69 Å². The van der Waals surface area contributed by atoms with E-state index in [1.807, 2.05) is 0 Å². The lowest BCUT2D eigenvalue weighted by Gasteiger charge is -2.11. The molecule has 2 aromatic carbocycles. The highest BCUT2D eigenvalue weighted by molar-refractivity contribution is 6.12. The molecule has 0 amide bonds. The molecule has 0 fully saturated rings. The third-order valence-corrected chi connectivity index (χ3v) is 3.69. The highest BCUT2D eigenvalue weighted by Gasteiger charge is 2.28. The highest BCUT2D eigenvalue weighted by Crippen LogP contribution is 2.32. The Labute approximate surface area is 160 Å². The van der Waals surface area contributed by atoms with E-state index < -0.39 is 10.9 Å². The topological polar surface area (TPSA) is 103 Å². The number of nitro groups is 1. The average molecular weight is 383 g/mol. The summed E-state index contributed by atoms with van der Waals surface area (Å²) in [5.41, 5.74) is 0.100. The zero-order valence-corrected chi connectivity index (χ0v) is 15.4. The number of rotatable bonds is 6. The molecule has 0 aromatic heterocycles. The molecule has 9 nitrogen and oxygen atoms in total. The Morgan fingerprint density at radius 2 is 1.82 bits per heavy atom. The van der Waals surface area contributed by atoms with Crippen molar-refractivity contribution < 1.29 is 23.9 Å². The summed E-state index contributed by atoms with van der Waals surface area (Å²) in [6, 6.07) is 10.8. The van der Waals surface area contributed by atoms with Gasteiger partial charge in [-0.05, 0) is 30.3 Å². The number of hydrogen-bond donors (Lipinski definition) is 0. The van der Waals surface area contributed by atoms with E-state index in [4.69, 9.17) is 14.2 Å². The van der Waals surface area contributed by atoms with Crippen molar-refractivity contribution in [1.82, 2.24) is 4.90 Å². The Hall–Kier alpha value is -3.88. The van der Waals surface area contributed by atoms with Crippen LogP contribution in [0.2, 0.25) is 0 Å². The van der Waals surface area contributed by atoms with Crippen molar-refractivity contribution in [3.05, 3.63) is 70.0 Å². The maximum atomic E-state index is 12.0. The summed E-state index contributed by atoms with van der Waals surface area (Å²) in [6.45, 7) is 0. The molecule has 1 aliphatic heterocycles. The van der Waals surface area contributed by atoms with Crippen molar-refractivity contribution in [3.8, 4) is 17.2 Å². The summed E-state index contributed by atoms with van der Waals surface area (Å²) in [5.74, 6) is 0.679. The van der Waals surface area contributed by atoms with Crippen LogP contribution in [0.25, 0.3) is 0 Å². The molecule has 0 bridgehead atoms. The fourth-order valence-corrected chi connectivity index (χ4v) is 2.42. The van der Waals surface area contributed by atoms with Crippen LogP contribution in [-0.2, 0) is 9.53 Å². The minimum Gasteiger partial charge on any atom is -0.497 e. The standard InChI is InChI=1S/C19H17N3O6/c1-21(2)11-16-19(23)28-18(20-16)15-10-12(22(24)25)4-9-17(15)27-14-7-5-13(26-3)6-8-14/h4-11H,1-3H3. The van der Waals surface area contributed by atoms with Crippen LogP contribution in [0.5, 0.6) is 17.2 Å². The van der Waals surface area contributed by atoms with Crippen molar-refractivity contribution in [2.75, 3.05) is 21.2 Å². The van der Waals surface area contributed by atoms with E-state index in [2.05, 4.69) is 4.99 Å². The van der Waals surface area contributed by atoms with Crippen LogP contribution in [-0.4, -0.2) is 42.9 Å². The molecule has 3 rings (SSSR count). The number of benzene rings is 2. The summed E-state index contributed by atoms with van der Waals surface area (Å²) in [4.78, 5) is 28.4. The summed E-state index contributed by atoms with van der Waals surface area (Å²) in [6.07, 6.45) is 1.50. The van der Waals surface area contributed by atoms with Crippen LogP contribution >= 0.6 is 0 Å². The smallest absolute Gasteiger partial charge is 0.365 e. The van der Waals surface area contributed by atoms with E-state index in [0.717, 1.165) is 0 Å². The Bertz CT molecular complexity index is 980. The fourth-order valence-electron chi connectivity index (χ4n) is 2.42. The molecule has 0 radical (unpaired) electrons. The first-order chi connectivity index (χ1) is 13.4. The zero-order valence-electron chi connectivity index (χ0n) is 15.4. The van der Waals surface area contributed by atoms with Crippen molar-refractivity contribution in [2.45, 2.75) is 0 Å². The molecule has 0 unspecified atom stereocenters. The summed E-state index contributed by atoms with van der Waals surface area (Å²) in [7, 11) is 5.02. The Morgan fingerprint density at radius 1 is 1.14 bits per heavy atom. The van der Waals surface area contributed by atoms with Gasteiger partial charge in [0.15, 0.2) is 5.70 Å². The molecule has 0 saturated carbocycles. The predicted molar refractivity (Wildman–Crippen MR) is 101 cm³/mol. The predicted octanol–water partition coefficient (Wildman–Crippen LogP) is 3.10. The van der Waals surface area contributed by atoms with Gasteiger partial charge in [0.1, 0.15) is 17.2 Å². The number of aliphatic imine (C=N–C) groups is 1. The van der Waals surface area contributed by atoms with Gasteiger partial charge in [-0.3, -0.25) is 10.1 Å². The number of non-ortho nitro benzene ring substituents is 1. The van der Waals surface area contributed by atoms with Crippen LogP contribution in [0.3, 0.4) is 0 Å². The molecular formula is C19H17N3O6. The number of methoxy groups -OCH3 is 1. The van der Waals surface area contributed by atoms with Crippen LogP contribution < -0.4 is 9.47 Å². The lowest BCUT2D eigenvalue weighted by atomic mass is 10.1. The fraction of sp³-hybridized carbons (Fsp3) is 0.158. The van der Waals surface area contributed by atoms with Gasteiger partial charge in [0, 0.05) is 32.4 Å². The van der Waals surface area contributed by atoms with Gasteiger partial charge in [0.05, 0.1) is 17.6 Å². The van der Waals surface area contributed by atoms with Gasteiger partial charge in [-0.2, -0.15) is 0 Å². The molecule has 0 aliphatic carbocycles. The summed E-state index contributed by atoms with van der Waals surface area (Å²) < 4.78 is 16.1. The summed E-state index contributed by atoms with van der Waals surface area (Å²) in [5, 5.41) is 11.2. The van der Waals surface area contributed by atoms with Gasteiger partial charge in [-0.1, -0.05) is 0 Å². The first-order valence-electron chi connectivity index (χ1n) is 8.17. The summed E-state index contributed by atoms with van der Waals surface area (Å²) >= 11 is 0. The lowest BCUT2D eigenvalue weighted by Crippen LogP contribution is -2.09.